The van der Waals surface area contributed by atoms with Crippen LogP contribution in [-0.4, -0.2) is 67.3 Å². The number of ether oxygens (including phenoxy) is 2. The van der Waals surface area contributed by atoms with E-state index in [2.05, 4.69) is 10.6 Å². The van der Waals surface area contributed by atoms with Crippen LogP contribution in [0, 0.1) is 0 Å². The molecule has 0 spiro atoms. The lowest BCUT2D eigenvalue weighted by molar-refractivity contribution is -0.128. The minimum Gasteiger partial charge on any atom is -0.434 e. The number of allylic oxidation sites excluding steroid dienone is 1. The quantitative estimate of drug-likeness (QED) is 0.148. The Kier molecular flexibility index (Phi) is 12.0. The van der Waals surface area contributed by atoms with E-state index >= 15 is 8.78 Å². The number of anilines is 1. The van der Waals surface area contributed by atoms with Gasteiger partial charge in [-0.25, -0.2) is 9.59 Å². The number of fused-ring (bicyclic) bond motifs is 1. The van der Waals surface area contributed by atoms with Crippen molar-refractivity contribution >= 4 is 54.4 Å². The van der Waals surface area contributed by atoms with Crippen molar-refractivity contribution in [3.63, 3.8) is 0 Å². The number of carbonyl (C=O) groups is 6. The third-order valence-electron chi connectivity index (χ3n) is 9.81. The first-order chi connectivity index (χ1) is 27.1. The number of nitrogens with one attached hydrogen (secondary N) is 2. The van der Waals surface area contributed by atoms with Gasteiger partial charge in [0.05, 0.1) is 16.8 Å². The number of aryl methyl sites for hydroxylation is 1. The van der Waals surface area contributed by atoms with Crippen LogP contribution in [0.3, 0.4) is 0 Å². The molecule has 0 unspecified atom stereocenters. The van der Waals surface area contributed by atoms with Gasteiger partial charge >= 0.3 is 25.2 Å². The molecule has 0 radical (unpaired) electrons. The van der Waals surface area contributed by atoms with Gasteiger partial charge in [0.2, 0.25) is 37.2 Å². The maximum Gasteiger partial charge on any atom is 0.410 e. The summed E-state index contributed by atoms with van der Waals surface area (Å²) in [6, 6.07) is 13.0. The summed E-state index contributed by atoms with van der Waals surface area (Å²) in [6.07, 6.45) is 2.55. The summed E-state index contributed by atoms with van der Waals surface area (Å²) in [4.78, 5) is 78.5. The zero-order chi connectivity index (χ0) is 41.1. The van der Waals surface area contributed by atoms with Crippen LogP contribution in [0.1, 0.15) is 76.1 Å². The minimum absolute atomic E-state index is 0.0822. The number of para-hydroxylation sites is 1. The molecule has 300 valence electrons. The fourth-order valence-corrected chi connectivity index (χ4v) is 8.07. The predicted molar refractivity (Wildman–Crippen MR) is 198 cm³/mol. The summed E-state index contributed by atoms with van der Waals surface area (Å²) in [5, 5.41) is 5.60. The van der Waals surface area contributed by atoms with Crippen LogP contribution >= 0.6 is 7.60 Å². The Morgan fingerprint density at radius 2 is 1.56 bits per heavy atom. The molecule has 4 amide bonds. The van der Waals surface area contributed by atoms with E-state index in [1.54, 1.807) is 13.8 Å². The summed E-state index contributed by atoms with van der Waals surface area (Å²) in [5.41, 5.74) is 2.60. The summed E-state index contributed by atoms with van der Waals surface area (Å²) < 4.78 is 64.5. The van der Waals surface area contributed by atoms with E-state index in [9.17, 15) is 33.3 Å². The Morgan fingerprint density at radius 1 is 0.947 bits per heavy atom. The number of hydrogen-bond donors (Lipinski definition) is 3. The Morgan fingerprint density at radius 3 is 2.18 bits per heavy atom. The molecule has 3 aromatic carbocycles. The summed E-state index contributed by atoms with van der Waals surface area (Å²) in [5.74, 6) is -4.24. The van der Waals surface area contributed by atoms with E-state index in [1.165, 1.54) is 47.4 Å². The fraction of sp³-hybridized carbons (Fsp3) is 0.333. The SMILES string of the molecule is C/C(=C\C(=O)N[C@H]1CCc2cccc3c2N(C1=O)[C@H](C(=O)N[C@H](C)CCC(N)=O)C3)c1ccc(C(F)(F)P2(=O)OCOC(=O)c3ccccc3C(=O)OCO2)cc1. The number of hydrogen-bond acceptors (Lipinski definition) is 11. The molecular formula is C39H39F2N4O11P. The highest BCUT2D eigenvalue weighted by atomic mass is 31.2. The van der Waals surface area contributed by atoms with Crippen molar-refractivity contribution in [3.05, 3.63) is 106 Å². The first kappa shape index (κ1) is 40.9. The van der Waals surface area contributed by atoms with Gasteiger partial charge in [-0.3, -0.25) is 37.7 Å². The molecule has 4 N–H and O–H groups in total. The Balaban J connectivity index is 1.13. The molecule has 0 fully saturated rings. The van der Waals surface area contributed by atoms with Crippen LogP contribution < -0.4 is 21.3 Å². The lowest BCUT2D eigenvalue weighted by Crippen LogP contribution is -2.55. The van der Waals surface area contributed by atoms with Gasteiger partial charge in [0.1, 0.15) is 12.1 Å². The van der Waals surface area contributed by atoms with Crippen LogP contribution in [0.25, 0.3) is 5.57 Å². The molecule has 6 rings (SSSR count). The molecule has 0 bridgehead atoms. The number of primary amides is 1. The largest absolute Gasteiger partial charge is 0.434 e. The van der Waals surface area contributed by atoms with Gasteiger partial charge in [-0.2, -0.15) is 8.78 Å². The third-order valence-corrected chi connectivity index (χ3v) is 11.6. The maximum atomic E-state index is 15.8. The lowest BCUT2D eigenvalue weighted by atomic mass is 10.0. The van der Waals surface area contributed by atoms with Crippen LogP contribution in [-0.2, 0) is 60.8 Å². The molecule has 0 aromatic heterocycles. The van der Waals surface area contributed by atoms with E-state index in [0.29, 0.717) is 29.7 Å². The topological polar surface area (TPSA) is 210 Å². The second kappa shape index (κ2) is 16.8. The number of amides is 4. The smallest absolute Gasteiger partial charge is 0.410 e. The van der Waals surface area contributed by atoms with Crippen molar-refractivity contribution < 1.29 is 60.6 Å². The van der Waals surface area contributed by atoms with Crippen molar-refractivity contribution in [3.8, 4) is 0 Å². The molecule has 3 atom stereocenters. The summed E-state index contributed by atoms with van der Waals surface area (Å²) >= 11 is 0. The Labute approximate surface area is 325 Å². The number of carbonyl (C=O) groups excluding carboxylic acids is 6. The third kappa shape index (κ3) is 8.65. The van der Waals surface area contributed by atoms with Gasteiger partial charge in [0.15, 0.2) is 0 Å². The number of nitrogens with two attached hydrogens (primary N) is 1. The average molecular weight is 809 g/mol. The van der Waals surface area contributed by atoms with E-state index in [4.69, 9.17) is 24.3 Å². The molecular weight excluding hydrogens is 769 g/mol. The normalized spacial score (nSPS) is 20.1. The van der Waals surface area contributed by atoms with Gasteiger partial charge < -0.3 is 25.8 Å². The van der Waals surface area contributed by atoms with Gasteiger partial charge in [0.25, 0.3) is 0 Å². The molecule has 3 heterocycles. The van der Waals surface area contributed by atoms with E-state index < -0.39 is 80.1 Å². The summed E-state index contributed by atoms with van der Waals surface area (Å²) in [6.45, 7) is 0.899. The molecule has 3 aromatic rings. The number of alkyl halides is 2. The lowest BCUT2D eigenvalue weighted by Gasteiger charge is -2.28. The predicted octanol–water partition coefficient (Wildman–Crippen LogP) is 4.47. The molecule has 0 saturated carbocycles. The number of rotatable bonds is 10. The Hall–Kier alpha value is -5.77. The molecule has 57 heavy (non-hydrogen) atoms. The van der Waals surface area contributed by atoms with Crippen molar-refractivity contribution in [1.29, 1.82) is 0 Å². The van der Waals surface area contributed by atoms with E-state index in [-0.39, 0.29) is 36.4 Å². The van der Waals surface area contributed by atoms with Crippen molar-refractivity contribution in [2.75, 3.05) is 18.5 Å². The standard InChI is InChI=1S/C39H39F2N4O11P/c1-22(24-11-14-27(15-12-24)39(40,41)57(52)55-20-53-37(50)28-8-3-4-9-29(28)38(51)54-21-56-57)18-33(47)44-30-16-13-25-6-5-7-26-19-31(45(34(25)26)36(30)49)35(48)43-23(2)10-17-32(42)46/h3-9,11-12,14-15,18,23,30-31H,10,13,16-17,19-21H2,1-2H3,(H2,42,46)(H,43,48)(H,44,47)/b22-18+/t23-,30+,31+/m1/s1. The first-order valence-electron chi connectivity index (χ1n) is 17.9. The zero-order valence-electron chi connectivity index (χ0n) is 30.8. The monoisotopic (exact) mass is 808 g/mol. The van der Waals surface area contributed by atoms with Gasteiger partial charge in [0, 0.05) is 30.5 Å². The van der Waals surface area contributed by atoms with Crippen molar-refractivity contribution in [1.82, 2.24) is 10.6 Å². The minimum atomic E-state index is -5.51. The molecule has 0 saturated heterocycles. The van der Waals surface area contributed by atoms with E-state index in [1.807, 2.05) is 18.2 Å². The fourth-order valence-electron chi connectivity index (χ4n) is 6.82. The maximum absolute atomic E-state index is 15.8. The number of nitrogens with zero attached hydrogens (tertiary/aromatic N) is 1. The number of halogens is 2. The van der Waals surface area contributed by atoms with Crippen molar-refractivity contribution in [2.24, 2.45) is 5.73 Å². The van der Waals surface area contributed by atoms with Gasteiger partial charge in [-0.05, 0) is 67.5 Å². The zero-order valence-corrected chi connectivity index (χ0v) is 31.7. The van der Waals surface area contributed by atoms with E-state index in [0.717, 1.165) is 23.3 Å². The van der Waals surface area contributed by atoms with Gasteiger partial charge in [-0.15, -0.1) is 0 Å². The van der Waals surface area contributed by atoms with Crippen LogP contribution in [0.4, 0.5) is 14.5 Å². The highest BCUT2D eigenvalue weighted by Crippen LogP contribution is 2.67. The molecule has 15 nitrogen and oxygen atoms in total. The second-order valence-corrected chi connectivity index (χ2v) is 15.8. The highest BCUT2D eigenvalue weighted by molar-refractivity contribution is 7.54. The number of cyclic esters (lactones) is 2. The molecule has 0 aliphatic carbocycles. The summed E-state index contributed by atoms with van der Waals surface area (Å²) in [7, 11) is -5.51. The molecule has 18 heteroatoms. The highest BCUT2D eigenvalue weighted by Gasteiger charge is 2.56. The van der Waals surface area contributed by atoms with Crippen molar-refractivity contribution in [2.45, 2.75) is 69.7 Å². The second-order valence-electron chi connectivity index (χ2n) is 13.7. The first-order valence-corrected chi connectivity index (χ1v) is 19.5. The van der Waals surface area contributed by atoms with Crippen LogP contribution in [0.2, 0.25) is 0 Å². The number of benzene rings is 3. The molecule has 3 aliphatic heterocycles. The van der Waals surface area contributed by atoms with Crippen LogP contribution in [0.15, 0.2) is 72.8 Å². The van der Waals surface area contributed by atoms with Crippen LogP contribution in [0.5, 0.6) is 0 Å². The van der Waals surface area contributed by atoms with Gasteiger partial charge in [-0.1, -0.05) is 54.6 Å². The Bertz CT molecular complexity index is 2150. The average Bonchev–Trinajstić information content (AvgIpc) is 3.51. The number of esters is 2. The molecule has 3 aliphatic rings.